The van der Waals surface area contributed by atoms with E-state index in [2.05, 4.69) is 50.6 Å². The Labute approximate surface area is 230 Å². The third-order valence-corrected chi connectivity index (χ3v) is 8.15. The summed E-state index contributed by atoms with van der Waals surface area (Å²) in [6.45, 7) is 2.18. The molecule has 0 aromatic heterocycles. The molecule has 1 aliphatic carbocycles. The molecule has 1 N–H and O–H groups in total. The summed E-state index contributed by atoms with van der Waals surface area (Å²) in [5, 5.41) is 2.89. The van der Waals surface area contributed by atoms with Crippen LogP contribution in [0.15, 0.2) is 83.9 Å². The molecule has 0 fully saturated rings. The van der Waals surface area contributed by atoms with Crippen LogP contribution < -0.4 is 5.32 Å². The third kappa shape index (κ3) is 7.04. The number of alkyl carbamates (subject to hydrolysis) is 1. The van der Waals surface area contributed by atoms with E-state index >= 15 is 0 Å². The van der Waals surface area contributed by atoms with E-state index in [4.69, 9.17) is 9.47 Å². The number of nitrogens with zero attached hydrogens (tertiary/aromatic N) is 1. The molecule has 0 heterocycles. The summed E-state index contributed by atoms with van der Waals surface area (Å²) in [6, 6.07) is 25.4. The number of hydrogen-bond acceptors (Lipinski definition) is 6. The van der Waals surface area contributed by atoms with E-state index in [1.54, 1.807) is 0 Å². The number of nitrogens with one attached hydrogen (secondary N) is 1. The van der Waals surface area contributed by atoms with Crippen LogP contribution in [0.25, 0.3) is 11.1 Å². The van der Waals surface area contributed by atoms with Gasteiger partial charge in [0.2, 0.25) is 0 Å². The molecular weight excluding hydrogens is 551 g/mol. The fraction of sp³-hybridized carbons (Fsp3) is 0.276. The molecule has 3 aromatic rings. The van der Waals surface area contributed by atoms with Crippen molar-refractivity contribution < 1.29 is 19.1 Å². The summed E-state index contributed by atoms with van der Waals surface area (Å²) in [5.41, 5.74) is 5.75. The Hall–Kier alpha value is -3.06. The van der Waals surface area contributed by atoms with Crippen LogP contribution in [0.3, 0.4) is 0 Å². The number of thioether (sulfide) groups is 1. The molecule has 0 saturated heterocycles. The number of carbonyl (C=O) groups is 2. The van der Waals surface area contributed by atoms with Gasteiger partial charge in [-0.05, 0) is 0 Å². The zero-order chi connectivity index (χ0) is 26.2. The van der Waals surface area contributed by atoms with Gasteiger partial charge in [-0.2, -0.15) is 0 Å². The molecule has 3 aromatic carbocycles. The predicted octanol–water partition coefficient (Wildman–Crippen LogP) is 4.96. The van der Waals surface area contributed by atoms with E-state index in [1.165, 1.54) is 41.1 Å². The van der Waals surface area contributed by atoms with Crippen molar-refractivity contribution in [3.63, 3.8) is 0 Å². The number of methoxy groups -OCH3 is 1. The number of esters is 1. The molecule has 1 radical (unpaired) electrons. The van der Waals surface area contributed by atoms with Crippen molar-refractivity contribution in [3.05, 3.63) is 95.6 Å². The van der Waals surface area contributed by atoms with Crippen LogP contribution in [0.1, 0.15) is 29.5 Å². The Morgan fingerprint density at radius 2 is 1.57 bits per heavy atom. The summed E-state index contributed by atoms with van der Waals surface area (Å²) in [4.78, 5) is 29.3. The van der Waals surface area contributed by atoms with Gasteiger partial charge in [-0.1, -0.05) is 12.1 Å². The maximum absolute atomic E-state index is 12.5. The van der Waals surface area contributed by atoms with Crippen LogP contribution in [0.2, 0.25) is 0 Å². The molecule has 0 bridgehead atoms. The molecule has 1 aliphatic rings. The summed E-state index contributed by atoms with van der Waals surface area (Å²) in [5.74, 6) is 0.198. The Morgan fingerprint density at radius 1 is 0.973 bits per heavy atom. The van der Waals surface area contributed by atoms with Crippen molar-refractivity contribution in [2.45, 2.75) is 31.3 Å². The van der Waals surface area contributed by atoms with Crippen LogP contribution in [0.4, 0.5) is 4.79 Å². The number of carbonyl (C=O) groups excluding carboxylic acids is 2. The fourth-order valence-electron chi connectivity index (χ4n) is 4.40. The second kappa shape index (κ2) is 12.9. The number of ether oxygens (including phenoxy) is 2. The van der Waals surface area contributed by atoms with E-state index in [9.17, 15) is 9.59 Å². The Morgan fingerprint density at radius 3 is 2.19 bits per heavy atom. The van der Waals surface area contributed by atoms with Gasteiger partial charge in [0, 0.05) is 0 Å². The first-order valence-electron chi connectivity index (χ1n) is 12.1. The van der Waals surface area contributed by atoms with E-state index in [0.29, 0.717) is 16.1 Å². The van der Waals surface area contributed by atoms with Gasteiger partial charge < -0.3 is 0 Å². The minimum absolute atomic E-state index is 0.0201. The number of aliphatic imine (C=N–C) groups is 1. The van der Waals surface area contributed by atoms with Crippen molar-refractivity contribution in [2.24, 2.45) is 4.99 Å². The first kappa shape index (κ1) is 27.0. The molecule has 2 atom stereocenters. The van der Waals surface area contributed by atoms with Gasteiger partial charge in [0.25, 0.3) is 0 Å². The van der Waals surface area contributed by atoms with E-state index in [-0.39, 0.29) is 24.5 Å². The van der Waals surface area contributed by atoms with Crippen LogP contribution >= 0.6 is 11.8 Å². The molecule has 6 nitrogen and oxygen atoms in total. The molecule has 4 rings (SSSR count). The van der Waals surface area contributed by atoms with E-state index in [1.807, 2.05) is 61.5 Å². The van der Waals surface area contributed by atoms with E-state index in [0.717, 1.165) is 5.56 Å². The maximum atomic E-state index is 12.5. The average molecular weight is 581 g/mol. The molecule has 37 heavy (non-hydrogen) atoms. The fourth-order valence-corrected chi connectivity index (χ4v) is 5.77. The van der Waals surface area contributed by atoms with Gasteiger partial charge in [-0.25, -0.2) is 0 Å². The van der Waals surface area contributed by atoms with Crippen molar-refractivity contribution in [3.8, 4) is 11.1 Å². The Balaban J connectivity index is 1.28. The second-order valence-electron chi connectivity index (χ2n) is 8.81. The van der Waals surface area contributed by atoms with Gasteiger partial charge in [0.05, 0.1) is 0 Å². The van der Waals surface area contributed by atoms with Crippen LogP contribution in [-0.4, -0.2) is 63.6 Å². The summed E-state index contributed by atoms with van der Waals surface area (Å²) in [6.07, 6.45) is -0.00246. The normalized spacial score (nSPS) is 14.3. The van der Waals surface area contributed by atoms with Crippen LogP contribution in [0.5, 0.6) is 0 Å². The molecule has 0 aliphatic heterocycles. The van der Waals surface area contributed by atoms with E-state index < -0.39 is 12.1 Å². The number of hydrogen-bond donors (Lipinski definition) is 1. The number of fused-ring (bicyclic) bond motifs is 3. The SMILES string of the molecule is COC(=O)[C@H](Cc1ccccc1)N=C([Se])SC[C@H](C)NC(=O)OCC1c2ccccc2-c2ccccc21. The first-order chi connectivity index (χ1) is 18.0. The van der Waals surface area contributed by atoms with Crippen LogP contribution in [-0.2, 0) is 20.7 Å². The molecular formula is C29H29N2O4SSe. The predicted molar refractivity (Wildman–Crippen MR) is 149 cm³/mol. The van der Waals surface area contributed by atoms with Gasteiger partial charge in [0.15, 0.2) is 0 Å². The quantitative estimate of drug-likeness (QED) is 0.168. The molecule has 0 spiro atoms. The molecule has 8 heteroatoms. The van der Waals surface area contributed by atoms with Crippen LogP contribution in [0, 0.1) is 0 Å². The van der Waals surface area contributed by atoms with Crippen molar-refractivity contribution in [1.82, 2.24) is 5.32 Å². The zero-order valence-electron chi connectivity index (χ0n) is 20.8. The summed E-state index contributed by atoms with van der Waals surface area (Å²) >= 11 is 4.36. The van der Waals surface area contributed by atoms with Gasteiger partial charge >= 0.3 is 219 Å². The number of rotatable bonds is 9. The minimum atomic E-state index is -0.637. The molecule has 191 valence electrons. The Kier molecular flexibility index (Phi) is 9.45. The Bertz CT molecular complexity index is 1220. The first-order valence-corrected chi connectivity index (χ1v) is 13.9. The zero-order valence-corrected chi connectivity index (χ0v) is 23.3. The van der Waals surface area contributed by atoms with Crippen molar-refractivity contribution >= 4 is 43.8 Å². The third-order valence-electron chi connectivity index (χ3n) is 6.17. The molecule has 0 unspecified atom stereocenters. The van der Waals surface area contributed by atoms with Gasteiger partial charge in [0.1, 0.15) is 0 Å². The summed E-state index contributed by atoms with van der Waals surface area (Å²) < 4.78 is 11.2. The molecule has 1 amide bonds. The number of benzene rings is 3. The average Bonchev–Trinajstić information content (AvgIpc) is 3.24. The molecule has 0 saturated carbocycles. The van der Waals surface area contributed by atoms with Crippen molar-refractivity contribution in [2.75, 3.05) is 19.5 Å². The summed E-state index contributed by atoms with van der Waals surface area (Å²) in [7, 11) is 1.36. The monoisotopic (exact) mass is 581 g/mol. The van der Waals surface area contributed by atoms with Crippen molar-refractivity contribution in [1.29, 1.82) is 0 Å². The topological polar surface area (TPSA) is 77.0 Å². The van der Waals surface area contributed by atoms with Gasteiger partial charge in [-0.3, -0.25) is 0 Å². The number of amides is 1. The van der Waals surface area contributed by atoms with Gasteiger partial charge in [-0.15, -0.1) is 0 Å². The standard InChI is InChI=1S/C29H29N2O4SSe/c1-19(18-36-29(37)31-26(27(32)34-2)16-20-10-4-3-5-11-20)30-28(33)35-17-25-23-14-8-6-12-21(23)22-13-7-9-15-24(22)25/h3-15,19,25-26H,16-18H2,1-2H3,(H,30,33)/t19-,26-/m0/s1. The second-order valence-corrected chi connectivity index (χ2v) is 11.2.